The largest absolute Gasteiger partial charge is 0.748 e. The van der Waals surface area contributed by atoms with Crippen molar-refractivity contribution in [2.24, 2.45) is 0 Å². The molecule has 0 aromatic heterocycles. The fraction of sp³-hybridized carbons (Fsp3) is 0.485. The molecule has 6 rings (SSSR count). The van der Waals surface area contributed by atoms with Gasteiger partial charge in [-0.05, 0) is 176 Å². The van der Waals surface area contributed by atoms with Crippen LogP contribution in [0.1, 0.15) is 203 Å². The van der Waals surface area contributed by atoms with E-state index in [2.05, 4.69) is 146 Å². The Hall–Kier alpha value is -3.03. The SMILES string of the molecule is CCCCc1cccc(P(c2cccc(CCCC)c2CCCC)c2ccc[c-]2P(c2cccc(CCCC)c2CCCC)c2cccc(CCCC)c2CCCC)c1CCCC.[Cr].[cH-]1[cH-][cH-][cH-][cH-]1. The number of hydrogen-bond donors (Lipinski definition) is 0. The van der Waals surface area contributed by atoms with Crippen molar-refractivity contribution in [3.8, 4) is 0 Å². The van der Waals surface area contributed by atoms with Gasteiger partial charge in [-0.2, -0.15) is 6.07 Å². The molecule has 378 valence electrons. The third-order valence-electron chi connectivity index (χ3n) is 14.1. The van der Waals surface area contributed by atoms with Gasteiger partial charge in [0.15, 0.2) is 0 Å². The maximum atomic E-state index is 2.63. The molecule has 0 N–H and O–H groups in total. The first kappa shape index (κ1) is 58.5. The second-order valence-electron chi connectivity index (χ2n) is 19.4. The average Bonchev–Trinajstić information content (AvgIpc) is 4.12. The third kappa shape index (κ3) is 16.8. The molecule has 0 fully saturated rings. The van der Waals surface area contributed by atoms with Gasteiger partial charge < -0.3 is 30.3 Å². The maximum Gasteiger partial charge on any atom is 0 e. The third-order valence-corrected chi connectivity index (χ3v) is 19.6. The van der Waals surface area contributed by atoms with Crippen LogP contribution in [0.5, 0.6) is 0 Å². The Balaban J connectivity index is 0.00000162. The molecule has 0 aliphatic heterocycles. The maximum absolute atomic E-state index is 2.63. The van der Waals surface area contributed by atoms with Gasteiger partial charge >= 0.3 is 0 Å². The Bertz CT molecular complexity index is 1990. The Morgan fingerprint density at radius 3 is 0.913 bits per heavy atom. The van der Waals surface area contributed by atoms with E-state index in [1.54, 1.807) is 76.3 Å². The minimum absolute atomic E-state index is 0. The van der Waals surface area contributed by atoms with Crippen LogP contribution in [0.2, 0.25) is 0 Å². The summed E-state index contributed by atoms with van der Waals surface area (Å²) < 4.78 is 0. The molecule has 0 radical (unpaired) electrons. The van der Waals surface area contributed by atoms with Gasteiger partial charge in [-0.1, -0.05) is 187 Å². The standard InChI is InChI=1S/C61H87P2.C5H5.Cr/c1-9-17-30-48-34-25-42-56(52(48)38-21-13-5)62(57-43-26-35-49(31-18-10-2)53(57)39-22-14-6)60-46-29-47-61(60)63(58-44-27-36-50(32-19-11-3)54(58)40-23-15-7)59-45-28-37-51(33-20-12-4)55(59)41-24-16-8;1-2-4-5-3-1;/h25-29,34-37,42-47H,9-24,30-33,38-41H2,1-8H3;1-5H;/q-1;-5;. The molecule has 0 bridgehead atoms. The van der Waals surface area contributed by atoms with Gasteiger partial charge in [0.05, 0.1) is 0 Å². The molecule has 0 saturated heterocycles. The molecular weight excluding hydrogens is 907 g/mol. The van der Waals surface area contributed by atoms with Gasteiger partial charge in [0, 0.05) is 17.4 Å². The number of benzene rings is 4. The predicted molar refractivity (Wildman–Crippen MR) is 310 cm³/mol. The van der Waals surface area contributed by atoms with E-state index in [0.29, 0.717) is 0 Å². The molecule has 0 unspecified atom stereocenters. The van der Waals surface area contributed by atoms with Gasteiger partial charge in [-0.3, -0.25) is 0 Å². The van der Waals surface area contributed by atoms with Crippen molar-refractivity contribution in [3.05, 3.63) is 166 Å². The number of aryl methyl sites for hydroxylation is 4. The van der Waals surface area contributed by atoms with Crippen LogP contribution in [0.4, 0.5) is 0 Å². The second kappa shape index (κ2) is 33.6. The van der Waals surface area contributed by atoms with Crippen LogP contribution in [0.15, 0.2) is 121 Å². The molecule has 0 aliphatic rings. The molecule has 3 heteroatoms. The summed E-state index contributed by atoms with van der Waals surface area (Å²) in [6.45, 7) is 19.0. The Morgan fingerprint density at radius 1 is 0.333 bits per heavy atom. The topological polar surface area (TPSA) is 0 Å². The summed E-state index contributed by atoms with van der Waals surface area (Å²) in [5.41, 5.74) is 13.1. The van der Waals surface area contributed by atoms with E-state index in [1.807, 2.05) is 30.3 Å². The average molecular weight is 999 g/mol. The van der Waals surface area contributed by atoms with Crippen molar-refractivity contribution >= 4 is 47.7 Å². The summed E-state index contributed by atoms with van der Waals surface area (Å²) >= 11 is 0. The van der Waals surface area contributed by atoms with E-state index in [1.165, 1.54) is 154 Å². The van der Waals surface area contributed by atoms with Gasteiger partial charge in [-0.15, -0.1) is 10.6 Å². The first-order valence-corrected chi connectivity index (χ1v) is 30.6. The number of rotatable bonds is 30. The fourth-order valence-corrected chi connectivity index (χ4v) is 16.5. The van der Waals surface area contributed by atoms with Crippen molar-refractivity contribution in [1.82, 2.24) is 0 Å². The summed E-state index contributed by atoms with van der Waals surface area (Å²) in [7, 11) is -1.68. The molecule has 0 nitrogen and oxygen atoms in total. The quantitative estimate of drug-likeness (QED) is 0.0312. The molecule has 0 amide bonds. The number of hydrogen-bond acceptors (Lipinski definition) is 0. The second-order valence-corrected chi connectivity index (χ2v) is 23.6. The zero-order valence-electron chi connectivity index (χ0n) is 44.8. The molecule has 0 heterocycles. The molecular formula is C66H92CrP2-6. The molecule has 0 spiro atoms. The van der Waals surface area contributed by atoms with Crippen LogP contribution < -0.4 is 31.8 Å². The first-order chi connectivity index (χ1) is 33.5. The number of unbranched alkanes of at least 4 members (excludes halogenated alkanes) is 8. The predicted octanol–water partition coefficient (Wildman–Crippen LogP) is 17.1. The van der Waals surface area contributed by atoms with E-state index in [-0.39, 0.29) is 17.4 Å². The van der Waals surface area contributed by atoms with Crippen molar-refractivity contribution in [2.75, 3.05) is 0 Å². The van der Waals surface area contributed by atoms with Crippen LogP contribution in [0.25, 0.3) is 0 Å². The molecule has 0 saturated carbocycles. The van der Waals surface area contributed by atoms with Crippen LogP contribution in [0, 0.1) is 0 Å². The van der Waals surface area contributed by atoms with Crippen LogP contribution >= 0.6 is 15.8 Å². The van der Waals surface area contributed by atoms with E-state index >= 15 is 0 Å². The molecule has 0 aliphatic carbocycles. The first-order valence-electron chi connectivity index (χ1n) is 28.0. The van der Waals surface area contributed by atoms with E-state index in [9.17, 15) is 0 Å². The van der Waals surface area contributed by atoms with Crippen LogP contribution in [0.3, 0.4) is 0 Å². The zero-order valence-corrected chi connectivity index (χ0v) is 47.9. The minimum Gasteiger partial charge on any atom is -0.748 e. The Morgan fingerprint density at radius 2 is 0.609 bits per heavy atom. The normalized spacial score (nSPS) is 11.3. The minimum atomic E-state index is -0.839. The van der Waals surface area contributed by atoms with Crippen LogP contribution in [-0.4, -0.2) is 0 Å². The van der Waals surface area contributed by atoms with Gasteiger partial charge in [-0.25, -0.2) is 12.1 Å². The van der Waals surface area contributed by atoms with Crippen molar-refractivity contribution < 1.29 is 17.4 Å². The van der Waals surface area contributed by atoms with Gasteiger partial charge in [0.1, 0.15) is 0 Å². The van der Waals surface area contributed by atoms with E-state index in [0.717, 1.165) is 0 Å². The summed E-state index contributed by atoms with van der Waals surface area (Å²) in [6.07, 6.45) is 29.3. The van der Waals surface area contributed by atoms with Crippen molar-refractivity contribution in [2.45, 2.75) is 209 Å². The van der Waals surface area contributed by atoms with E-state index in [4.69, 9.17) is 0 Å². The summed E-state index contributed by atoms with van der Waals surface area (Å²) in [5.74, 6) is 0. The zero-order chi connectivity index (χ0) is 48.4. The fourth-order valence-electron chi connectivity index (χ4n) is 10.2. The molecule has 0 atom stereocenters. The summed E-state index contributed by atoms with van der Waals surface area (Å²) in [5, 5.41) is 9.84. The smallest absolute Gasteiger partial charge is 0 e. The monoisotopic (exact) mass is 999 g/mol. The van der Waals surface area contributed by atoms with Crippen LogP contribution in [-0.2, 0) is 68.7 Å². The summed E-state index contributed by atoms with van der Waals surface area (Å²) in [4.78, 5) is 0. The Labute approximate surface area is 437 Å². The van der Waals surface area contributed by atoms with Crippen molar-refractivity contribution in [3.63, 3.8) is 0 Å². The molecule has 6 aromatic rings. The molecule has 6 aromatic carbocycles. The van der Waals surface area contributed by atoms with Crippen molar-refractivity contribution in [1.29, 1.82) is 0 Å². The van der Waals surface area contributed by atoms with Gasteiger partial charge in [0.25, 0.3) is 0 Å². The van der Waals surface area contributed by atoms with Gasteiger partial charge in [0.2, 0.25) is 0 Å². The van der Waals surface area contributed by atoms with E-state index < -0.39 is 15.8 Å². The molecule has 69 heavy (non-hydrogen) atoms. The summed E-state index contributed by atoms with van der Waals surface area (Å²) in [6, 6.07) is 47.9. The Kier molecular flexibility index (Phi) is 28.5.